The summed E-state index contributed by atoms with van der Waals surface area (Å²) < 4.78 is 32.8. The van der Waals surface area contributed by atoms with Crippen LogP contribution >= 0.6 is 0 Å². The maximum atomic E-state index is 12.5. The Labute approximate surface area is 125 Å². The van der Waals surface area contributed by atoms with Crippen LogP contribution in [0, 0.1) is 6.92 Å². The van der Waals surface area contributed by atoms with Crippen LogP contribution in [-0.2, 0) is 16.4 Å². The average molecular weight is 305 g/mol. The molecule has 2 rings (SSSR count). The molecular weight excluding hydrogens is 286 g/mol. The number of ether oxygens (including phenoxy) is 1. The first-order valence-corrected chi connectivity index (χ1v) is 8.21. The second-order valence-electron chi connectivity index (χ2n) is 4.81. The van der Waals surface area contributed by atoms with E-state index < -0.39 is 10.0 Å². The first-order valence-electron chi connectivity index (χ1n) is 6.72. The van der Waals surface area contributed by atoms with Crippen LogP contribution in [0.15, 0.2) is 47.4 Å². The summed E-state index contributed by atoms with van der Waals surface area (Å²) in [4.78, 5) is 0.157. The van der Waals surface area contributed by atoms with Gasteiger partial charge in [-0.2, -0.15) is 0 Å². The van der Waals surface area contributed by atoms with Crippen molar-refractivity contribution >= 4 is 15.7 Å². The molecule has 0 saturated carbocycles. The Morgan fingerprint density at radius 3 is 2.33 bits per heavy atom. The molecule has 0 fully saturated rings. The van der Waals surface area contributed by atoms with Gasteiger partial charge in [0.05, 0.1) is 7.11 Å². The van der Waals surface area contributed by atoms with Crippen LogP contribution in [0.4, 0.5) is 5.69 Å². The van der Waals surface area contributed by atoms with E-state index in [1.54, 1.807) is 24.3 Å². The molecule has 0 amide bonds. The van der Waals surface area contributed by atoms with E-state index in [-0.39, 0.29) is 4.90 Å². The normalized spacial score (nSPS) is 11.2. The number of nitrogens with one attached hydrogen (secondary N) is 1. The third kappa shape index (κ3) is 3.55. The zero-order valence-corrected chi connectivity index (χ0v) is 13.2. The highest BCUT2D eigenvalue weighted by molar-refractivity contribution is 7.92. The van der Waals surface area contributed by atoms with Gasteiger partial charge in [0.15, 0.2) is 0 Å². The van der Waals surface area contributed by atoms with Crippen molar-refractivity contribution in [2.75, 3.05) is 11.8 Å². The maximum absolute atomic E-state index is 12.5. The molecule has 0 radical (unpaired) electrons. The standard InChI is InChI=1S/C16H19NO3S/c1-4-13-7-10-15(20-3)16(11-13)21(18,19)17-14-8-5-12(2)6-9-14/h5-11,17H,4H2,1-3H3. The van der Waals surface area contributed by atoms with E-state index in [1.165, 1.54) is 7.11 Å². The molecular formula is C16H19NO3S. The molecule has 0 bridgehead atoms. The molecule has 21 heavy (non-hydrogen) atoms. The molecule has 0 unspecified atom stereocenters. The van der Waals surface area contributed by atoms with Crippen molar-refractivity contribution in [3.8, 4) is 5.75 Å². The van der Waals surface area contributed by atoms with Gasteiger partial charge < -0.3 is 4.74 Å². The number of benzene rings is 2. The molecule has 0 spiro atoms. The number of anilines is 1. The van der Waals surface area contributed by atoms with Gasteiger partial charge in [0.1, 0.15) is 10.6 Å². The van der Waals surface area contributed by atoms with Crippen molar-refractivity contribution in [2.45, 2.75) is 25.2 Å². The summed E-state index contributed by atoms with van der Waals surface area (Å²) in [5.74, 6) is 0.340. The van der Waals surface area contributed by atoms with Gasteiger partial charge in [0.2, 0.25) is 0 Å². The van der Waals surface area contributed by atoms with E-state index in [2.05, 4.69) is 4.72 Å². The van der Waals surface area contributed by atoms with Gasteiger partial charge in [-0.15, -0.1) is 0 Å². The fourth-order valence-electron chi connectivity index (χ4n) is 1.98. The van der Waals surface area contributed by atoms with E-state index >= 15 is 0 Å². The van der Waals surface area contributed by atoms with Gasteiger partial charge in [0, 0.05) is 5.69 Å². The third-order valence-corrected chi connectivity index (χ3v) is 4.63. The molecule has 112 valence electrons. The molecule has 0 heterocycles. The lowest BCUT2D eigenvalue weighted by Crippen LogP contribution is -2.14. The van der Waals surface area contributed by atoms with Crippen molar-refractivity contribution in [1.29, 1.82) is 0 Å². The van der Waals surface area contributed by atoms with Crippen molar-refractivity contribution in [3.05, 3.63) is 53.6 Å². The summed E-state index contributed by atoms with van der Waals surface area (Å²) in [6, 6.07) is 12.4. The topological polar surface area (TPSA) is 55.4 Å². The summed E-state index contributed by atoms with van der Waals surface area (Å²) in [5.41, 5.74) is 2.55. The van der Waals surface area contributed by atoms with Gasteiger partial charge in [-0.3, -0.25) is 4.72 Å². The highest BCUT2D eigenvalue weighted by atomic mass is 32.2. The zero-order valence-electron chi connectivity index (χ0n) is 12.4. The smallest absolute Gasteiger partial charge is 0.265 e. The molecule has 0 aliphatic heterocycles. The largest absolute Gasteiger partial charge is 0.495 e. The second-order valence-corrected chi connectivity index (χ2v) is 6.46. The Morgan fingerprint density at radius 1 is 1.10 bits per heavy atom. The number of sulfonamides is 1. The maximum Gasteiger partial charge on any atom is 0.265 e. The summed E-state index contributed by atoms with van der Waals surface area (Å²) in [5, 5.41) is 0. The molecule has 5 heteroatoms. The summed E-state index contributed by atoms with van der Waals surface area (Å²) >= 11 is 0. The minimum Gasteiger partial charge on any atom is -0.495 e. The molecule has 0 aromatic heterocycles. The number of hydrogen-bond donors (Lipinski definition) is 1. The fraction of sp³-hybridized carbons (Fsp3) is 0.250. The van der Waals surface area contributed by atoms with E-state index in [4.69, 9.17) is 4.74 Å². The first-order chi connectivity index (χ1) is 9.96. The van der Waals surface area contributed by atoms with Crippen LogP contribution in [0.25, 0.3) is 0 Å². The van der Waals surface area contributed by atoms with E-state index in [0.29, 0.717) is 11.4 Å². The lowest BCUT2D eigenvalue weighted by atomic mass is 10.2. The molecule has 0 atom stereocenters. The monoisotopic (exact) mass is 305 g/mol. The van der Waals surface area contributed by atoms with Crippen LogP contribution < -0.4 is 9.46 Å². The average Bonchev–Trinajstić information content (AvgIpc) is 2.48. The quantitative estimate of drug-likeness (QED) is 0.921. The van der Waals surface area contributed by atoms with Gasteiger partial charge >= 0.3 is 0 Å². The van der Waals surface area contributed by atoms with Crippen molar-refractivity contribution in [3.63, 3.8) is 0 Å². The molecule has 0 aliphatic carbocycles. The number of hydrogen-bond acceptors (Lipinski definition) is 3. The molecule has 4 nitrogen and oxygen atoms in total. The Balaban J connectivity index is 2.41. The zero-order chi connectivity index (χ0) is 15.5. The first kappa shape index (κ1) is 15.4. The minimum atomic E-state index is -3.68. The number of aryl methyl sites for hydroxylation is 2. The van der Waals surface area contributed by atoms with Crippen LogP contribution in [0.5, 0.6) is 5.75 Å². The van der Waals surface area contributed by atoms with Gasteiger partial charge in [-0.25, -0.2) is 8.42 Å². The van der Waals surface area contributed by atoms with Gasteiger partial charge in [-0.05, 0) is 43.2 Å². The third-order valence-electron chi connectivity index (χ3n) is 3.23. The fourth-order valence-corrected chi connectivity index (χ4v) is 3.26. The lowest BCUT2D eigenvalue weighted by molar-refractivity contribution is 0.402. The Morgan fingerprint density at radius 2 is 1.76 bits per heavy atom. The Hall–Kier alpha value is -2.01. The highest BCUT2D eigenvalue weighted by Crippen LogP contribution is 2.27. The number of rotatable bonds is 5. The van der Waals surface area contributed by atoms with Gasteiger partial charge in [-0.1, -0.05) is 30.7 Å². The highest BCUT2D eigenvalue weighted by Gasteiger charge is 2.20. The molecule has 2 aromatic rings. The predicted molar refractivity (Wildman–Crippen MR) is 84.4 cm³/mol. The predicted octanol–water partition coefficient (Wildman–Crippen LogP) is 3.37. The summed E-state index contributed by atoms with van der Waals surface area (Å²) in [6.45, 7) is 3.93. The summed E-state index contributed by atoms with van der Waals surface area (Å²) in [6.07, 6.45) is 0.761. The van der Waals surface area contributed by atoms with Crippen molar-refractivity contribution in [1.82, 2.24) is 0 Å². The summed E-state index contributed by atoms with van der Waals surface area (Å²) in [7, 11) is -2.21. The van der Waals surface area contributed by atoms with Crippen molar-refractivity contribution in [2.24, 2.45) is 0 Å². The van der Waals surface area contributed by atoms with Crippen LogP contribution in [0.2, 0.25) is 0 Å². The SMILES string of the molecule is CCc1ccc(OC)c(S(=O)(=O)Nc2ccc(C)cc2)c1. The van der Waals surface area contributed by atoms with Crippen molar-refractivity contribution < 1.29 is 13.2 Å². The van der Waals surface area contributed by atoms with E-state index in [0.717, 1.165) is 17.5 Å². The number of methoxy groups -OCH3 is 1. The molecule has 0 saturated heterocycles. The minimum absolute atomic E-state index is 0.157. The van der Waals surface area contributed by atoms with Crippen LogP contribution in [0.1, 0.15) is 18.1 Å². The second kappa shape index (κ2) is 6.18. The Bertz CT molecular complexity index is 722. The Kier molecular flexibility index (Phi) is 4.53. The van der Waals surface area contributed by atoms with E-state index in [1.807, 2.05) is 32.0 Å². The molecule has 2 aromatic carbocycles. The molecule has 0 aliphatic rings. The van der Waals surface area contributed by atoms with Crippen LogP contribution in [-0.4, -0.2) is 15.5 Å². The van der Waals surface area contributed by atoms with E-state index in [9.17, 15) is 8.42 Å². The van der Waals surface area contributed by atoms with Crippen LogP contribution in [0.3, 0.4) is 0 Å². The lowest BCUT2D eigenvalue weighted by Gasteiger charge is -2.13. The molecule has 1 N–H and O–H groups in total. The van der Waals surface area contributed by atoms with Gasteiger partial charge in [0.25, 0.3) is 10.0 Å².